The summed E-state index contributed by atoms with van der Waals surface area (Å²) in [5.41, 5.74) is -0.505. The highest BCUT2D eigenvalue weighted by Gasteiger charge is 2.43. The SMILES string of the molecule is CCC(C)(C)N(C(=O)C(CO)NC(=O)OC(C)(C)C)C(C(=O)NC1CCCCC1)c1ccc(O)c(C)c1. The third-order valence-electron chi connectivity index (χ3n) is 6.92. The average Bonchev–Trinajstić information content (AvgIpc) is 2.81. The second kappa shape index (κ2) is 12.6. The number of phenolic OH excluding ortho intramolecular Hbond substituents is 1. The molecule has 0 radical (unpaired) electrons. The number of amides is 3. The summed E-state index contributed by atoms with van der Waals surface area (Å²) in [4.78, 5) is 41.8. The second-order valence-electron chi connectivity index (χ2n) is 11.5. The number of aromatic hydroxyl groups is 1. The van der Waals surface area contributed by atoms with Crippen molar-refractivity contribution in [2.45, 2.75) is 116 Å². The van der Waals surface area contributed by atoms with E-state index in [1.165, 1.54) is 11.0 Å². The Morgan fingerprint density at radius 3 is 2.24 bits per heavy atom. The quantitative estimate of drug-likeness (QED) is 0.389. The molecule has 1 saturated carbocycles. The van der Waals surface area contributed by atoms with E-state index < -0.39 is 41.8 Å². The number of carbonyl (C=O) groups excluding carboxylic acids is 3. The zero-order chi connectivity index (χ0) is 28.0. The van der Waals surface area contributed by atoms with Crippen LogP contribution in [0.2, 0.25) is 0 Å². The lowest BCUT2D eigenvalue weighted by Crippen LogP contribution is -2.60. The second-order valence-corrected chi connectivity index (χ2v) is 11.5. The summed E-state index contributed by atoms with van der Waals surface area (Å²) in [5.74, 6) is -0.849. The topological polar surface area (TPSA) is 128 Å². The summed E-state index contributed by atoms with van der Waals surface area (Å²) in [5, 5.41) is 25.8. The summed E-state index contributed by atoms with van der Waals surface area (Å²) in [6, 6.07) is 2.49. The van der Waals surface area contributed by atoms with Gasteiger partial charge in [-0.3, -0.25) is 9.59 Å². The molecule has 0 aliphatic heterocycles. The molecule has 0 bridgehead atoms. The van der Waals surface area contributed by atoms with Gasteiger partial charge >= 0.3 is 6.09 Å². The number of carbonyl (C=O) groups is 3. The van der Waals surface area contributed by atoms with Crippen LogP contribution in [0.4, 0.5) is 4.79 Å². The van der Waals surface area contributed by atoms with Crippen molar-refractivity contribution in [3.8, 4) is 5.75 Å². The first kappa shape index (κ1) is 30.4. The highest BCUT2D eigenvalue weighted by Crippen LogP contribution is 2.34. The number of nitrogens with one attached hydrogen (secondary N) is 2. The number of ether oxygens (including phenoxy) is 1. The summed E-state index contributed by atoms with van der Waals surface area (Å²) in [6.07, 6.45) is 4.61. The number of phenols is 1. The van der Waals surface area contributed by atoms with Gasteiger partial charge in [0.15, 0.2) is 0 Å². The molecular formula is C28H45N3O6. The molecule has 0 heterocycles. The van der Waals surface area contributed by atoms with Gasteiger partial charge in [-0.1, -0.05) is 32.3 Å². The van der Waals surface area contributed by atoms with Crippen molar-refractivity contribution in [3.05, 3.63) is 29.3 Å². The Morgan fingerprint density at radius 1 is 1.11 bits per heavy atom. The number of aliphatic hydroxyl groups excluding tert-OH is 1. The Hall–Kier alpha value is -2.81. The molecule has 208 valence electrons. The van der Waals surface area contributed by atoms with Crippen molar-refractivity contribution in [2.24, 2.45) is 0 Å². The Kier molecular flexibility index (Phi) is 10.4. The number of nitrogens with zero attached hydrogens (tertiary/aromatic N) is 1. The molecule has 2 unspecified atom stereocenters. The Bertz CT molecular complexity index is 950. The molecular weight excluding hydrogens is 474 g/mol. The maximum absolute atomic E-state index is 14.0. The third-order valence-corrected chi connectivity index (χ3v) is 6.92. The molecule has 1 aliphatic rings. The van der Waals surface area contributed by atoms with Crippen LogP contribution in [0.25, 0.3) is 0 Å². The highest BCUT2D eigenvalue weighted by atomic mass is 16.6. The van der Waals surface area contributed by atoms with Crippen molar-refractivity contribution in [2.75, 3.05) is 6.61 Å². The van der Waals surface area contributed by atoms with Gasteiger partial charge in [-0.15, -0.1) is 0 Å². The standard InChI is InChI=1S/C28H45N3O6/c1-8-28(6,7)31(25(35)21(17-32)30-26(36)37-27(3,4)5)23(19-14-15-22(33)18(2)16-19)24(34)29-20-12-10-9-11-13-20/h14-16,20-21,23,32-33H,8-13,17H2,1-7H3,(H,29,34)(H,30,36). The van der Waals surface area contributed by atoms with Gasteiger partial charge in [-0.05, 0) is 84.1 Å². The minimum Gasteiger partial charge on any atom is -0.508 e. The van der Waals surface area contributed by atoms with Crippen LogP contribution in [-0.2, 0) is 14.3 Å². The van der Waals surface area contributed by atoms with Gasteiger partial charge in [0.05, 0.1) is 6.61 Å². The normalized spacial score (nSPS) is 16.4. The minimum atomic E-state index is -1.32. The van der Waals surface area contributed by atoms with Crippen LogP contribution in [-0.4, -0.2) is 62.9 Å². The Labute approximate surface area is 221 Å². The third kappa shape index (κ3) is 8.35. The van der Waals surface area contributed by atoms with Crippen LogP contribution in [0.15, 0.2) is 18.2 Å². The summed E-state index contributed by atoms with van der Waals surface area (Å²) < 4.78 is 5.29. The predicted molar refractivity (Wildman–Crippen MR) is 142 cm³/mol. The fourth-order valence-electron chi connectivity index (χ4n) is 4.54. The number of aliphatic hydroxyl groups is 1. The number of rotatable bonds is 9. The van der Waals surface area contributed by atoms with E-state index in [4.69, 9.17) is 4.74 Å². The van der Waals surface area contributed by atoms with Crippen molar-refractivity contribution in [1.82, 2.24) is 15.5 Å². The van der Waals surface area contributed by atoms with E-state index in [2.05, 4.69) is 10.6 Å². The fraction of sp³-hybridized carbons (Fsp3) is 0.679. The summed E-state index contributed by atoms with van der Waals surface area (Å²) in [7, 11) is 0. The van der Waals surface area contributed by atoms with Crippen LogP contribution >= 0.6 is 0 Å². The number of benzene rings is 1. The first-order chi connectivity index (χ1) is 17.2. The number of hydrogen-bond acceptors (Lipinski definition) is 6. The molecule has 0 aromatic heterocycles. The smallest absolute Gasteiger partial charge is 0.408 e. The molecule has 9 nitrogen and oxygen atoms in total. The van der Waals surface area contributed by atoms with Gasteiger partial charge in [-0.25, -0.2) is 4.79 Å². The van der Waals surface area contributed by atoms with Crippen molar-refractivity contribution < 1.29 is 29.3 Å². The van der Waals surface area contributed by atoms with E-state index in [1.54, 1.807) is 39.8 Å². The first-order valence-electron chi connectivity index (χ1n) is 13.2. The molecule has 37 heavy (non-hydrogen) atoms. The minimum absolute atomic E-state index is 0.0113. The molecule has 0 spiro atoms. The van der Waals surface area contributed by atoms with E-state index >= 15 is 0 Å². The van der Waals surface area contributed by atoms with Crippen molar-refractivity contribution in [3.63, 3.8) is 0 Å². The highest BCUT2D eigenvalue weighted by molar-refractivity contribution is 5.93. The predicted octanol–water partition coefficient (Wildman–Crippen LogP) is 4.09. The van der Waals surface area contributed by atoms with E-state index in [0.29, 0.717) is 17.5 Å². The van der Waals surface area contributed by atoms with Gasteiger partial charge in [-0.2, -0.15) is 0 Å². The molecule has 4 N–H and O–H groups in total. The summed E-state index contributed by atoms with van der Waals surface area (Å²) in [6.45, 7) is 11.8. The zero-order valence-electron chi connectivity index (χ0n) is 23.4. The van der Waals surface area contributed by atoms with Crippen LogP contribution < -0.4 is 10.6 Å². The average molecular weight is 520 g/mol. The molecule has 2 rings (SSSR count). The van der Waals surface area contributed by atoms with Gasteiger partial charge in [0.25, 0.3) is 0 Å². The lowest BCUT2D eigenvalue weighted by atomic mass is 9.90. The molecule has 3 amide bonds. The van der Waals surface area contributed by atoms with Gasteiger partial charge < -0.3 is 30.5 Å². The molecule has 1 aromatic rings. The molecule has 2 atom stereocenters. The monoisotopic (exact) mass is 519 g/mol. The zero-order valence-corrected chi connectivity index (χ0v) is 23.4. The number of hydrogen-bond donors (Lipinski definition) is 4. The van der Waals surface area contributed by atoms with Gasteiger partial charge in [0.2, 0.25) is 11.8 Å². The largest absolute Gasteiger partial charge is 0.508 e. The van der Waals surface area contributed by atoms with E-state index in [1.807, 2.05) is 20.8 Å². The van der Waals surface area contributed by atoms with Gasteiger partial charge in [0.1, 0.15) is 23.4 Å². The number of aryl methyl sites for hydroxylation is 1. The number of alkyl carbamates (subject to hydrolysis) is 1. The lowest BCUT2D eigenvalue weighted by Gasteiger charge is -2.45. The molecule has 1 aromatic carbocycles. The first-order valence-corrected chi connectivity index (χ1v) is 13.2. The molecule has 1 fully saturated rings. The Morgan fingerprint density at radius 2 is 1.73 bits per heavy atom. The molecule has 9 heteroatoms. The van der Waals surface area contributed by atoms with E-state index in [0.717, 1.165) is 32.1 Å². The molecule has 0 saturated heterocycles. The maximum atomic E-state index is 14.0. The molecule has 1 aliphatic carbocycles. The van der Waals surface area contributed by atoms with Crippen molar-refractivity contribution in [1.29, 1.82) is 0 Å². The van der Waals surface area contributed by atoms with Gasteiger partial charge in [0, 0.05) is 11.6 Å². The van der Waals surface area contributed by atoms with Crippen LogP contribution in [0.5, 0.6) is 5.75 Å². The lowest BCUT2D eigenvalue weighted by molar-refractivity contribution is -0.150. The Balaban J connectivity index is 2.53. The van der Waals surface area contributed by atoms with Crippen molar-refractivity contribution >= 4 is 17.9 Å². The van der Waals surface area contributed by atoms with E-state index in [9.17, 15) is 24.6 Å². The van der Waals surface area contributed by atoms with Crippen LogP contribution in [0.1, 0.15) is 97.2 Å². The van der Waals surface area contributed by atoms with E-state index in [-0.39, 0.29) is 17.7 Å². The fourth-order valence-corrected chi connectivity index (χ4v) is 4.54. The van der Waals surface area contributed by atoms with Crippen LogP contribution in [0.3, 0.4) is 0 Å². The maximum Gasteiger partial charge on any atom is 0.408 e. The van der Waals surface area contributed by atoms with Crippen LogP contribution in [0, 0.1) is 6.92 Å². The summed E-state index contributed by atoms with van der Waals surface area (Å²) >= 11 is 0.